The molecule has 1 aliphatic heterocycles. The van der Waals surface area contributed by atoms with Crippen LogP contribution >= 0.6 is 0 Å². The van der Waals surface area contributed by atoms with Gasteiger partial charge in [-0.05, 0) is 40.7 Å². The number of nitrogens with zero attached hydrogens (tertiary/aromatic N) is 2. The molecule has 1 aliphatic rings. The fraction of sp³-hybridized carbons (Fsp3) is 0.786. The van der Waals surface area contributed by atoms with Gasteiger partial charge in [-0.3, -0.25) is 4.68 Å². The number of hydrogen-bond donors (Lipinski definition) is 1. The molecule has 0 saturated carbocycles. The van der Waals surface area contributed by atoms with Crippen LogP contribution in [0.2, 0.25) is 0 Å². The number of rotatable bonds is 5. The average Bonchev–Trinajstić information content (AvgIpc) is 2.97. The normalized spacial score (nSPS) is 24.9. The van der Waals surface area contributed by atoms with Crippen molar-refractivity contribution in [1.82, 2.24) is 15.1 Å². The van der Waals surface area contributed by atoms with Crippen LogP contribution in [0.25, 0.3) is 0 Å². The zero-order chi connectivity index (χ0) is 14.0. The Hall–Kier alpha value is -1.07. The molecule has 0 radical (unpaired) electrons. The fourth-order valence-corrected chi connectivity index (χ4v) is 2.96. The van der Waals surface area contributed by atoms with E-state index in [0.717, 1.165) is 30.9 Å². The number of hydrogen-bond acceptors (Lipinski definition) is 4. The van der Waals surface area contributed by atoms with Gasteiger partial charge in [0.25, 0.3) is 0 Å². The molecular formula is C14H25N3O2. The Labute approximate surface area is 115 Å². The summed E-state index contributed by atoms with van der Waals surface area (Å²) in [5, 5.41) is 7.85. The third kappa shape index (κ3) is 2.49. The predicted octanol–water partition coefficient (Wildman–Crippen LogP) is 2.30. The maximum Gasteiger partial charge on any atom is 0.161 e. The highest BCUT2D eigenvalue weighted by Gasteiger charge is 2.42. The predicted molar refractivity (Wildman–Crippen MR) is 74.6 cm³/mol. The van der Waals surface area contributed by atoms with Gasteiger partial charge in [-0.25, -0.2) is 0 Å². The van der Waals surface area contributed by atoms with E-state index in [1.54, 1.807) is 13.3 Å². The number of methoxy groups -OCH3 is 1. The lowest BCUT2D eigenvalue weighted by molar-refractivity contribution is -0.0136. The Morgan fingerprint density at radius 2 is 2.26 bits per heavy atom. The van der Waals surface area contributed by atoms with Crippen molar-refractivity contribution in [3.05, 3.63) is 11.9 Å². The van der Waals surface area contributed by atoms with E-state index in [0.29, 0.717) is 6.04 Å². The molecule has 0 spiro atoms. The van der Waals surface area contributed by atoms with E-state index in [2.05, 4.69) is 31.2 Å². The summed E-state index contributed by atoms with van der Waals surface area (Å²) in [7, 11) is 3.66. The second-order valence-corrected chi connectivity index (χ2v) is 5.62. The minimum atomic E-state index is -0.200. The van der Waals surface area contributed by atoms with E-state index in [4.69, 9.17) is 9.47 Å². The van der Waals surface area contributed by atoms with Gasteiger partial charge in [0, 0.05) is 12.6 Å². The molecule has 2 rings (SSSR count). The van der Waals surface area contributed by atoms with Gasteiger partial charge in [0.2, 0.25) is 0 Å². The monoisotopic (exact) mass is 267 g/mol. The molecule has 2 atom stereocenters. The van der Waals surface area contributed by atoms with Crippen molar-refractivity contribution >= 4 is 0 Å². The van der Waals surface area contributed by atoms with Crippen LogP contribution in [0, 0.1) is 0 Å². The molecule has 0 bridgehead atoms. The van der Waals surface area contributed by atoms with E-state index in [9.17, 15) is 0 Å². The molecule has 5 nitrogen and oxygen atoms in total. The van der Waals surface area contributed by atoms with E-state index >= 15 is 0 Å². The van der Waals surface area contributed by atoms with Crippen LogP contribution < -0.4 is 10.1 Å². The lowest BCUT2D eigenvalue weighted by Gasteiger charge is -2.34. The van der Waals surface area contributed by atoms with Crippen molar-refractivity contribution in [3.63, 3.8) is 0 Å². The Bertz CT molecular complexity index is 422. The molecule has 0 aromatic carbocycles. The van der Waals surface area contributed by atoms with Crippen molar-refractivity contribution in [2.75, 3.05) is 20.8 Å². The Morgan fingerprint density at radius 1 is 1.53 bits per heavy atom. The minimum Gasteiger partial charge on any atom is -0.493 e. The van der Waals surface area contributed by atoms with Crippen LogP contribution in [0.15, 0.2) is 6.20 Å². The summed E-state index contributed by atoms with van der Waals surface area (Å²) in [5.41, 5.74) is 0.874. The number of ether oxygens (including phenoxy) is 2. The van der Waals surface area contributed by atoms with Gasteiger partial charge < -0.3 is 14.8 Å². The van der Waals surface area contributed by atoms with Crippen molar-refractivity contribution in [2.24, 2.45) is 0 Å². The summed E-state index contributed by atoms with van der Waals surface area (Å²) in [4.78, 5) is 0. The fourth-order valence-electron chi connectivity index (χ4n) is 2.96. The minimum absolute atomic E-state index is 0.0786. The van der Waals surface area contributed by atoms with Gasteiger partial charge in [0.15, 0.2) is 5.75 Å². The first-order valence-electron chi connectivity index (χ1n) is 6.96. The second kappa shape index (κ2) is 5.51. The van der Waals surface area contributed by atoms with E-state index in [1.807, 2.05) is 11.7 Å². The van der Waals surface area contributed by atoms with E-state index in [1.165, 1.54) is 0 Å². The molecule has 1 saturated heterocycles. The molecular weight excluding hydrogens is 242 g/mol. The van der Waals surface area contributed by atoms with E-state index in [-0.39, 0.29) is 11.6 Å². The van der Waals surface area contributed by atoms with Gasteiger partial charge in [-0.2, -0.15) is 5.10 Å². The highest BCUT2D eigenvalue weighted by Crippen LogP contribution is 2.41. The molecule has 2 heterocycles. The molecule has 108 valence electrons. The molecule has 0 amide bonds. The van der Waals surface area contributed by atoms with Crippen LogP contribution in [-0.4, -0.2) is 36.1 Å². The maximum absolute atomic E-state index is 5.99. The number of aromatic nitrogens is 2. The molecule has 1 N–H and O–H groups in total. The Balaban J connectivity index is 2.44. The van der Waals surface area contributed by atoms with Crippen molar-refractivity contribution in [1.29, 1.82) is 0 Å². The highest BCUT2D eigenvalue weighted by atomic mass is 16.5. The van der Waals surface area contributed by atoms with E-state index < -0.39 is 0 Å². The lowest BCUT2D eigenvalue weighted by Crippen LogP contribution is -2.41. The summed E-state index contributed by atoms with van der Waals surface area (Å²) < 4.78 is 13.5. The second-order valence-electron chi connectivity index (χ2n) is 5.62. The molecule has 1 aromatic heterocycles. The lowest BCUT2D eigenvalue weighted by atomic mass is 9.90. The Morgan fingerprint density at radius 3 is 2.74 bits per heavy atom. The zero-order valence-electron chi connectivity index (χ0n) is 12.6. The first-order chi connectivity index (χ1) is 9.03. The molecule has 0 aliphatic carbocycles. The van der Waals surface area contributed by atoms with Crippen molar-refractivity contribution < 1.29 is 9.47 Å². The van der Waals surface area contributed by atoms with Crippen LogP contribution in [0.5, 0.6) is 5.75 Å². The summed E-state index contributed by atoms with van der Waals surface area (Å²) in [5.74, 6) is 0.824. The molecule has 19 heavy (non-hydrogen) atoms. The average molecular weight is 267 g/mol. The largest absolute Gasteiger partial charge is 0.493 e. The quantitative estimate of drug-likeness (QED) is 0.889. The van der Waals surface area contributed by atoms with Gasteiger partial charge in [0.05, 0.1) is 24.9 Å². The standard InChI is InChI=1S/C14H25N3O2/c1-10(2)17-12(11(18-5)9-16-17)13(15-4)14(3)7-6-8-19-14/h9-10,13,15H,6-8H2,1-5H3. The van der Waals surface area contributed by atoms with Crippen molar-refractivity contribution in [2.45, 2.75) is 51.3 Å². The number of likely N-dealkylation sites (N-methyl/N-ethyl adjacent to an activating group) is 1. The van der Waals surface area contributed by atoms with Crippen molar-refractivity contribution in [3.8, 4) is 5.75 Å². The maximum atomic E-state index is 5.99. The van der Waals surface area contributed by atoms with Gasteiger partial charge in [-0.1, -0.05) is 0 Å². The summed E-state index contributed by atoms with van der Waals surface area (Å²) in [6, 6.07) is 0.370. The first-order valence-corrected chi connectivity index (χ1v) is 6.96. The van der Waals surface area contributed by atoms with Crippen LogP contribution in [0.1, 0.15) is 51.4 Å². The Kier molecular flexibility index (Phi) is 4.16. The first kappa shape index (κ1) is 14.3. The summed E-state index contributed by atoms with van der Waals surface area (Å²) >= 11 is 0. The van der Waals surface area contributed by atoms with Crippen LogP contribution in [0.4, 0.5) is 0 Å². The summed E-state index contributed by atoms with van der Waals surface area (Å²) in [6.45, 7) is 7.24. The third-order valence-electron chi connectivity index (χ3n) is 3.93. The zero-order valence-corrected chi connectivity index (χ0v) is 12.6. The SMILES string of the molecule is CNC(c1c(OC)cnn1C(C)C)C1(C)CCCO1. The molecule has 1 aromatic rings. The van der Waals surface area contributed by atoms with Gasteiger partial charge >= 0.3 is 0 Å². The molecule has 5 heteroatoms. The number of nitrogens with one attached hydrogen (secondary N) is 1. The topological polar surface area (TPSA) is 48.3 Å². The van der Waals surface area contributed by atoms with Gasteiger partial charge in [-0.15, -0.1) is 0 Å². The highest BCUT2D eigenvalue weighted by molar-refractivity contribution is 5.31. The molecule has 2 unspecified atom stereocenters. The summed E-state index contributed by atoms with van der Waals surface area (Å²) in [6.07, 6.45) is 3.94. The smallest absolute Gasteiger partial charge is 0.161 e. The van der Waals surface area contributed by atoms with Gasteiger partial charge in [0.1, 0.15) is 5.69 Å². The van der Waals surface area contributed by atoms with Crippen LogP contribution in [-0.2, 0) is 4.74 Å². The molecule has 1 fully saturated rings. The third-order valence-corrected chi connectivity index (χ3v) is 3.93. The van der Waals surface area contributed by atoms with Crippen LogP contribution in [0.3, 0.4) is 0 Å².